The van der Waals surface area contributed by atoms with Gasteiger partial charge in [-0.1, -0.05) is 46.4 Å². The van der Waals surface area contributed by atoms with Crippen molar-refractivity contribution in [2.45, 2.75) is 6.92 Å². The smallest absolute Gasteiger partial charge is 0.164 e. The van der Waals surface area contributed by atoms with Gasteiger partial charge in [0.25, 0.3) is 0 Å². The molecule has 0 aliphatic rings. The summed E-state index contributed by atoms with van der Waals surface area (Å²) in [4.78, 5) is 8.27. The van der Waals surface area contributed by atoms with E-state index >= 15 is 0 Å². The van der Waals surface area contributed by atoms with E-state index in [1.165, 1.54) is 0 Å². The zero-order valence-corrected chi connectivity index (χ0v) is 11.7. The molecule has 0 aliphatic heterocycles. The zero-order chi connectivity index (χ0) is 12.6. The van der Waals surface area contributed by atoms with Crippen LogP contribution in [0.25, 0.3) is 11.4 Å². The quantitative estimate of drug-likeness (QED) is 0.688. The van der Waals surface area contributed by atoms with Crippen molar-refractivity contribution in [2.75, 3.05) is 0 Å². The second-order valence-corrected chi connectivity index (χ2v) is 4.94. The van der Waals surface area contributed by atoms with E-state index in [9.17, 15) is 0 Å². The highest BCUT2D eigenvalue weighted by Crippen LogP contribution is 2.31. The minimum atomic E-state index is 0.302. The zero-order valence-electron chi connectivity index (χ0n) is 8.64. The van der Waals surface area contributed by atoms with Gasteiger partial charge in [-0.2, -0.15) is 0 Å². The van der Waals surface area contributed by atoms with Crippen molar-refractivity contribution in [3.8, 4) is 11.4 Å². The molecule has 0 radical (unpaired) electrons. The summed E-state index contributed by atoms with van der Waals surface area (Å²) in [5.74, 6) is 0.359. The van der Waals surface area contributed by atoms with Crippen LogP contribution in [0.5, 0.6) is 0 Å². The molecule has 1 aromatic heterocycles. The van der Waals surface area contributed by atoms with E-state index in [1.807, 2.05) is 0 Å². The van der Waals surface area contributed by atoms with E-state index < -0.39 is 0 Å². The molecule has 2 aromatic rings. The van der Waals surface area contributed by atoms with Crippen LogP contribution in [0, 0.1) is 6.92 Å². The molecule has 0 saturated heterocycles. The summed E-state index contributed by atoms with van der Waals surface area (Å²) in [6, 6.07) is 5.02. The third-order valence-corrected chi connectivity index (χ3v) is 3.50. The normalized spacial score (nSPS) is 10.6. The van der Waals surface area contributed by atoms with Crippen LogP contribution in [-0.2, 0) is 0 Å². The third-order valence-electron chi connectivity index (χ3n) is 2.20. The Hall–Kier alpha value is -0.540. The number of halogens is 4. The van der Waals surface area contributed by atoms with Crippen LogP contribution in [0.2, 0.25) is 20.4 Å². The number of aromatic nitrogens is 2. The molecule has 2 rings (SSSR count). The van der Waals surface area contributed by atoms with E-state index in [0.29, 0.717) is 37.3 Å². The van der Waals surface area contributed by atoms with Crippen molar-refractivity contribution in [1.29, 1.82) is 0 Å². The highest BCUT2D eigenvalue weighted by atomic mass is 35.5. The van der Waals surface area contributed by atoms with Crippen LogP contribution >= 0.6 is 46.4 Å². The van der Waals surface area contributed by atoms with Gasteiger partial charge in [-0.15, -0.1) is 0 Å². The molecule has 0 fully saturated rings. The van der Waals surface area contributed by atoms with E-state index in [1.54, 1.807) is 25.1 Å². The maximum atomic E-state index is 6.05. The first-order chi connectivity index (χ1) is 7.99. The fourth-order valence-electron chi connectivity index (χ4n) is 1.25. The van der Waals surface area contributed by atoms with Crippen molar-refractivity contribution in [3.63, 3.8) is 0 Å². The van der Waals surface area contributed by atoms with Crippen LogP contribution in [0.1, 0.15) is 5.56 Å². The van der Waals surface area contributed by atoms with Crippen LogP contribution in [-0.4, -0.2) is 9.97 Å². The highest BCUT2D eigenvalue weighted by Gasteiger charge is 2.12. The molecular weight excluding hydrogens is 302 g/mol. The van der Waals surface area contributed by atoms with Gasteiger partial charge in [-0.3, -0.25) is 0 Å². The van der Waals surface area contributed by atoms with Gasteiger partial charge < -0.3 is 0 Å². The molecule has 0 N–H and O–H groups in total. The first kappa shape index (κ1) is 12.9. The summed E-state index contributed by atoms with van der Waals surface area (Å²) >= 11 is 23.8. The standard InChI is InChI=1S/C11H6Cl4N2/c1-5-9(14)16-11(17-10(5)15)7-4-6(12)2-3-8(7)13/h2-4H,1H3. The van der Waals surface area contributed by atoms with Gasteiger partial charge in [0.15, 0.2) is 5.82 Å². The van der Waals surface area contributed by atoms with Crippen LogP contribution in [0.15, 0.2) is 18.2 Å². The largest absolute Gasteiger partial charge is 0.216 e. The maximum Gasteiger partial charge on any atom is 0.164 e. The Balaban J connectivity index is 2.64. The molecule has 0 atom stereocenters. The maximum absolute atomic E-state index is 6.05. The van der Waals surface area contributed by atoms with Gasteiger partial charge in [-0.05, 0) is 25.1 Å². The molecule has 1 heterocycles. The molecule has 2 nitrogen and oxygen atoms in total. The molecule has 0 unspecified atom stereocenters. The molecule has 1 aromatic carbocycles. The van der Waals surface area contributed by atoms with Crippen LogP contribution in [0.3, 0.4) is 0 Å². The predicted octanol–water partition coefficient (Wildman–Crippen LogP) is 5.07. The first-order valence-corrected chi connectivity index (χ1v) is 6.15. The van der Waals surface area contributed by atoms with Gasteiger partial charge in [-0.25, -0.2) is 9.97 Å². The third kappa shape index (κ3) is 2.66. The topological polar surface area (TPSA) is 25.8 Å². The van der Waals surface area contributed by atoms with Crippen molar-refractivity contribution in [1.82, 2.24) is 9.97 Å². The molecule has 0 amide bonds. The molecule has 0 saturated carbocycles. The lowest BCUT2D eigenvalue weighted by Crippen LogP contribution is -1.94. The summed E-state index contributed by atoms with van der Waals surface area (Å²) in [5, 5.41) is 1.64. The first-order valence-electron chi connectivity index (χ1n) is 4.64. The summed E-state index contributed by atoms with van der Waals surface area (Å²) < 4.78 is 0. The molecule has 0 spiro atoms. The van der Waals surface area contributed by atoms with Gasteiger partial charge in [0.2, 0.25) is 0 Å². The molecule has 0 aliphatic carbocycles. The SMILES string of the molecule is Cc1c(Cl)nc(-c2cc(Cl)ccc2Cl)nc1Cl. The number of benzene rings is 1. The second kappa shape index (κ2) is 4.99. The van der Waals surface area contributed by atoms with Crippen molar-refractivity contribution in [3.05, 3.63) is 44.1 Å². The predicted molar refractivity (Wildman–Crippen MR) is 72.2 cm³/mol. The number of nitrogens with zero attached hydrogens (tertiary/aromatic N) is 2. The minimum Gasteiger partial charge on any atom is -0.216 e. The lowest BCUT2D eigenvalue weighted by atomic mass is 10.2. The van der Waals surface area contributed by atoms with Crippen LogP contribution in [0.4, 0.5) is 0 Å². The average molecular weight is 308 g/mol. The van der Waals surface area contributed by atoms with E-state index in [4.69, 9.17) is 46.4 Å². The highest BCUT2D eigenvalue weighted by molar-refractivity contribution is 6.36. The van der Waals surface area contributed by atoms with Crippen molar-refractivity contribution in [2.24, 2.45) is 0 Å². The fraction of sp³-hybridized carbons (Fsp3) is 0.0909. The second-order valence-electron chi connectivity index (χ2n) is 3.38. The fourth-order valence-corrected chi connectivity index (χ4v) is 2.01. The van der Waals surface area contributed by atoms with Gasteiger partial charge in [0.05, 0.1) is 5.02 Å². The molecule has 6 heteroatoms. The Kier molecular flexibility index (Phi) is 3.79. The molecule has 0 bridgehead atoms. The summed E-state index contributed by atoms with van der Waals surface area (Å²) in [5.41, 5.74) is 1.23. The Morgan fingerprint density at radius 2 is 1.53 bits per heavy atom. The van der Waals surface area contributed by atoms with Crippen molar-refractivity contribution >= 4 is 46.4 Å². The molecular formula is C11H6Cl4N2. The Bertz CT molecular complexity index is 561. The van der Waals surface area contributed by atoms with Gasteiger partial charge >= 0.3 is 0 Å². The monoisotopic (exact) mass is 306 g/mol. The number of hydrogen-bond acceptors (Lipinski definition) is 2. The Morgan fingerprint density at radius 1 is 0.941 bits per heavy atom. The Morgan fingerprint density at radius 3 is 2.12 bits per heavy atom. The summed E-state index contributed by atoms with van der Waals surface area (Å²) in [7, 11) is 0. The van der Waals surface area contributed by atoms with Crippen LogP contribution < -0.4 is 0 Å². The number of hydrogen-bond donors (Lipinski definition) is 0. The van der Waals surface area contributed by atoms with Gasteiger partial charge in [0.1, 0.15) is 10.3 Å². The van der Waals surface area contributed by atoms with E-state index in [2.05, 4.69) is 9.97 Å². The molecule has 88 valence electrons. The minimum absolute atomic E-state index is 0.302. The Labute approximate surface area is 119 Å². The van der Waals surface area contributed by atoms with E-state index in [-0.39, 0.29) is 0 Å². The lowest BCUT2D eigenvalue weighted by Gasteiger charge is -2.06. The molecule has 17 heavy (non-hydrogen) atoms. The van der Waals surface area contributed by atoms with Crippen molar-refractivity contribution < 1.29 is 0 Å². The lowest BCUT2D eigenvalue weighted by molar-refractivity contribution is 1.14. The summed E-state index contributed by atoms with van der Waals surface area (Å²) in [6.45, 7) is 1.74. The average Bonchev–Trinajstić information content (AvgIpc) is 2.28. The summed E-state index contributed by atoms with van der Waals surface area (Å²) in [6.07, 6.45) is 0. The van der Waals surface area contributed by atoms with E-state index in [0.717, 1.165) is 0 Å². The number of rotatable bonds is 1. The van der Waals surface area contributed by atoms with Gasteiger partial charge in [0, 0.05) is 16.1 Å².